The number of rotatable bonds is 4. The SMILES string of the molecule is CCn1nc(C(F)(F)F)c(C)c1N=C(NC(=O)c1cccc(Cl)c1)Nc1cccc(C(F)(F)F)c1. The highest BCUT2D eigenvalue weighted by molar-refractivity contribution is 6.31. The van der Waals surface area contributed by atoms with Crippen molar-refractivity contribution in [1.82, 2.24) is 15.1 Å². The van der Waals surface area contributed by atoms with Crippen molar-refractivity contribution in [2.45, 2.75) is 32.7 Å². The van der Waals surface area contributed by atoms with Crippen molar-refractivity contribution in [3.63, 3.8) is 0 Å². The van der Waals surface area contributed by atoms with Crippen molar-refractivity contribution >= 4 is 35.0 Å². The van der Waals surface area contributed by atoms with Crippen LogP contribution in [0.2, 0.25) is 5.02 Å². The monoisotopic (exact) mass is 517 g/mol. The summed E-state index contributed by atoms with van der Waals surface area (Å²) in [5, 5.41) is 8.70. The summed E-state index contributed by atoms with van der Waals surface area (Å²) in [6, 6.07) is 9.81. The normalized spacial score (nSPS) is 12.5. The highest BCUT2D eigenvalue weighted by atomic mass is 35.5. The lowest BCUT2D eigenvalue weighted by Gasteiger charge is -2.14. The molecule has 0 spiro atoms. The van der Waals surface area contributed by atoms with Crippen LogP contribution < -0.4 is 10.6 Å². The molecule has 186 valence electrons. The van der Waals surface area contributed by atoms with Gasteiger partial charge in [0.05, 0.1) is 5.56 Å². The lowest BCUT2D eigenvalue weighted by atomic mass is 10.2. The summed E-state index contributed by atoms with van der Waals surface area (Å²) < 4.78 is 80.4. The van der Waals surface area contributed by atoms with Crippen molar-refractivity contribution in [2.75, 3.05) is 5.32 Å². The van der Waals surface area contributed by atoms with Gasteiger partial charge in [0.25, 0.3) is 5.91 Å². The zero-order valence-corrected chi connectivity index (χ0v) is 19.0. The Balaban J connectivity index is 2.07. The van der Waals surface area contributed by atoms with Crippen molar-refractivity contribution in [1.29, 1.82) is 0 Å². The zero-order valence-electron chi connectivity index (χ0n) is 18.2. The number of halogens is 7. The maximum Gasteiger partial charge on any atom is 0.435 e. The van der Waals surface area contributed by atoms with Gasteiger partial charge in [-0.2, -0.15) is 36.4 Å². The molecule has 0 bridgehead atoms. The number of aliphatic imine (C=N–C) groups is 1. The molecule has 0 atom stereocenters. The number of anilines is 1. The number of guanidine groups is 1. The summed E-state index contributed by atoms with van der Waals surface area (Å²) in [6.45, 7) is 2.70. The van der Waals surface area contributed by atoms with Gasteiger partial charge in [-0.3, -0.25) is 10.1 Å². The van der Waals surface area contributed by atoms with E-state index in [0.29, 0.717) is 0 Å². The van der Waals surface area contributed by atoms with E-state index in [2.05, 4.69) is 20.7 Å². The molecule has 0 aliphatic rings. The molecule has 0 saturated heterocycles. The minimum Gasteiger partial charge on any atom is -0.326 e. The van der Waals surface area contributed by atoms with Gasteiger partial charge in [0.1, 0.15) is 0 Å². The van der Waals surface area contributed by atoms with Crippen LogP contribution in [0.15, 0.2) is 53.5 Å². The molecule has 1 amide bonds. The molecule has 0 radical (unpaired) electrons. The average Bonchev–Trinajstić information content (AvgIpc) is 3.09. The van der Waals surface area contributed by atoms with Crippen LogP contribution in [0.5, 0.6) is 0 Å². The van der Waals surface area contributed by atoms with Crippen molar-refractivity contribution in [3.8, 4) is 0 Å². The minimum atomic E-state index is -4.76. The summed E-state index contributed by atoms with van der Waals surface area (Å²) in [7, 11) is 0. The van der Waals surface area contributed by atoms with Crippen LogP contribution in [0.25, 0.3) is 0 Å². The largest absolute Gasteiger partial charge is 0.435 e. The molecule has 0 aliphatic carbocycles. The second-order valence-electron chi connectivity index (χ2n) is 7.24. The van der Waals surface area contributed by atoms with Gasteiger partial charge in [-0.05, 0) is 50.2 Å². The summed E-state index contributed by atoms with van der Waals surface area (Å²) in [6.07, 6.45) is -9.40. The van der Waals surface area contributed by atoms with E-state index >= 15 is 0 Å². The lowest BCUT2D eigenvalue weighted by Crippen LogP contribution is -2.36. The van der Waals surface area contributed by atoms with Gasteiger partial charge in [-0.1, -0.05) is 23.7 Å². The van der Waals surface area contributed by atoms with Crippen LogP contribution in [0, 0.1) is 6.92 Å². The molecule has 0 aliphatic heterocycles. The number of hydrogen-bond acceptors (Lipinski definition) is 3. The number of nitrogens with one attached hydrogen (secondary N) is 2. The van der Waals surface area contributed by atoms with Crippen LogP contribution >= 0.6 is 11.6 Å². The topological polar surface area (TPSA) is 71.3 Å². The first-order chi connectivity index (χ1) is 16.3. The molecular weight excluding hydrogens is 500 g/mol. The van der Waals surface area contributed by atoms with Crippen LogP contribution in [0.3, 0.4) is 0 Å². The second kappa shape index (κ2) is 9.98. The van der Waals surface area contributed by atoms with E-state index in [4.69, 9.17) is 11.6 Å². The van der Waals surface area contributed by atoms with E-state index < -0.39 is 35.5 Å². The Morgan fingerprint density at radius 3 is 2.34 bits per heavy atom. The van der Waals surface area contributed by atoms with Gasteiger partial charge in [0.2, 0.25) is 5.96 Å². The van der Waals surface area contributed by atoms with Gasteiger partial charge in [0.15, 0.2) is 11.5 Å². The van der Waals surface area contributed by atoms with Crippen LogP contribution in [0.1, 0.15) is 34.1 Å². The van der Waals surface area contributed by atoms with Crippen LogP contribution in [-0.2, 0) is 18.9 Å². The van der Waals surface area contributed by atoms with Crippen molar-refractivity contribution in [2.24, 2.45) is 4.99 Å². The number of hydrogen-bond donors (Lipinski definition) is 2. The zero-order chi connectivity index (χ0) is 26.0. The fourth-order valence-electron chi connectivity index (χ4n) is 3.09. The quantitative estimate of drug-likeness (QED) is 0.238. The van der Waals surface area contributed by atoms with Gasteiger partial charge in [-0.15, -0.1) is 0 Å². The van der Waals surface area contributed by atoms with E-state index in [1.54, 1.807) is 0 Å². The molecule has 3 rings (SSSR count). The number of carbonyl (C=O) groups is 1. The number of aryl methyl sites for hydroxylation is 1. The highest BCUT2D eigenvalue weighted by Gasteiger charge is 2.38. The van der Waals surface area contributed by atoms with Gasteiger partial charge < -0.3 is 5.32 Å². The maximum atomic E-state index is 13.4. The Morgan fingerprint density at radius 1 is 1.06 bits per heavy atom. The number of alkyl halides is 6. The van der Waals surface area contributed by atoms with E-state index in [9.17, 15) is 31.1 Å². The predicted molar refractivity (Wildman–Crippen MR) is 119 cm³/mol. The first-order valence-corrected chi connectivity index (χ1v) is 10.4. The number of nitrogens with zero attached hydrogens (tertiary/aromatic N) is 3. The number of amides is 1. The fourth-order valence-corrected chi connectivity index (χ4v) is 3.28. The molecule has 35 heavy (non-hydrogen) atoms. The Morgan fingerprint density at radius 2 is 1.74 bits per heavy atom. The third kappa shape index (κ3) is 6.32. The molecule has 2 N–H and O–H groups in total. The summed E-state index contributed by atoms with van der Waals surface area (Å²) in [5.74, 6) is -1.40. The fraction of sp³-hybridized carbons (Fsp3) is 0.227. The van der Waals surface area contributed by atoms with Gasteiger partial charge >= 0.3 is 12.4 Å². The lowest BCUT2D eigenvalue weighted by molar-refractivity contribution is -0.142. The second-order valence-corrected chi connectivity index (χ2v) is 7.68. The molecule has 1 aromatic heterocycles. The maximum absolute atomic E-state index is 13.4. The Hall–Kier alpha value is -3.54. The molecule has 0 unspecified atom stereocenters. The Kier molecular flexibility index (Phi) is 7.44. The minimum absolute atomic E-state index is 0.00876. The number of benzene rings is 2. The van der Waals surface area contributed by atoms with Crippen LogP contribution in [-0.4, -0.2) is 21.6 Å². The smallest absolute Gasteiger partial charge is 0.326 e. The number of aromatic nitrogens is 2. The van der Waals surface area contributed by atoms with E-state index in [1.165, 1.54) is 37.3 Å². The first kappa shape index (κ1) is 26.1. The Bertz CT molecular complexity index is 1270. The molecule has 1 heterocycles. The summed E-state index contributed by atoms with van der Waals surface area (Å²) in [5.41, 5.74) is -2.48. The molecule has 0 fully saturated rings. The van der Waals surface area contributed by atoms with Gasteiger partial charge in [0, 0.05) is 28.4 Å². The summed E-state index contributed by atoms with van der Waals surface area (Å²) in [4.78, 5) is 16.8. The van der Waals surface area contributed by atoms with E-state index in [0.717, 1.165) is 29.8 Å². The average molecular weight is 518 g/mol. The number of carbonyl (C=O) groups excluding carboxylic acids is 1. The molecule has 3 aromatic rings. The Labute approximate surface area is 200 Å². The van der Waals surface area contributed by atoms with Gasteiger partial charge in [-0.25, -0.2) is 4.68 Å². The molecule has 0 saturated carbocycles. The molecule has 13 heteroatoms. The van der Waals surface area contributed by atoms with E-state index in [1.807, 2.05) is 0 Å². The predicted octanol–water partition coefficient (Wildman–Crippen LogP) is 6.43. The standard InChI is InChI=1S/C22H18ClF6N5O/c1-3-34-18(12(2)17(33-34)22(27,28)29)31-20(32-19(35)13-6-4-8-15(23)10-13)30-16-9-5-7-14(11-16)21(24,25)26/h4-11H,3H2,1-2H3,(H2,30,31,32,35). The highest BCUT2D eigenvalue weighted by Crippen LogP contribution is 2.35. The first-order valence-electron chi connectivity index (χ1n) is 10.0. The third-order valence-electron chi connectivity index (χ3n) is 4.71. The van der Waals surface area contributed by atoms with Crippen molar-refractivity contribution < 1.29 is 31.1 Å². The summed E-state index contributed by atoms with van der Waals surface area (Å²) >= 11 is 5.90. The third-order valence-corrected chi connectivity index (χ3v) is 4.95. The molecule has 6 nitrogen and oxygen atoms in total. The molecule has 2 aromatic carbocycles. The van der Waals surface area contributed by atoms with E-state index in [-0.39, 0.29) is 34.2 Å². The molecular formula is C22H18ClF6N5O. The van der Waals surface area contributed by atoms with Crippen molar-refractivity contribution in [3.05, 3.63) is 75.9 Å². The van der Waals surface area contributed by atoms with Crippen LogP contribution in [0.4, 0.5) is 37.8 Å².